The number of hydrogen-bond donors (Lipinski definition) is 2. The molecule has 3 nitrogen and oxygen atoms in total. The van der Waals surface area contributed by atoms with Gasteiger partial charge in [-0.05, 0) is 35.0 Å². The van der Waals surface area contributed by atoms with Gasteiger partial charge in [-0.25, -0.2) is 0 Å². The highest BCUT2D eigenvalue weighted by Crippen LogP contribution is 2.29. The Morgan fingerprint density at radius 3 is 2.86 bits per heavy atom. The molecule has 1 atom stereocenters. The second-order valence-corrected chi connectivity index (χ2v) is 4.08. The molecule has 1 aromatic rings. The van der Waals surface area contributed by atoms with E-state index in [4.69, 9.17) is 17.3 Å². The van der Waals surface area contributed by atoms with Gasteiger partial charge in [0.15, 0.2) is 0 Å². The summed E-state index contributed by atoms with van der Waals surface area (Å²) in [4.78, 5) is 11.3. The molecule has 14 heavy (non-hydrogen) atoms. The van der Waals surface area contributed by atoms with Crippen molar-refractivity contribution in [3.05, 3.63) is 27.7 Å². The maximum Gasteiger partial charge on any atom is 0.241 e. The van der Waals surface area contributed by atoms with Crippen LogP contribution in [0.4, 0.5) is 5.69 Å². The Bertz CT molecular complexity index is 355. The fourth-order valence-corrected chi connectivity index (χ4v) is 1.38. The Hall–Kier alpha value is -0.580. The third kappa shape index (κ3) is 2.70. The van der Waals surface area contributed by atoms with Crippen molar-refractivity contribution in [2.24, 2.45) is 5.73 Å². The van der Waals surface area contributed by atoms with Gasteiger partial charge in [-0.15, -0.1) is 0 Å². The van der Waals surface area contributed by atoms with Crippen LogP contribution in [0.2, 0.25) is 5.02 Å². The highest BCUT2D eigenvalue weighted by Gasteiger charge is 2.10. The predicted molar refractivity (Wildman–Crippen MR) is 61.4 cm³/mol. The third-order valence-electron chi connectivity index (χ3n) is 1.62. The van der Waals surface area contributed by atoms with Gasteiger partial charge in [0, 0.05) is 0 Å². The van der Waals surface area contributed by atoms with Gasteiger partial charge in [0.1, 0.15) is 0 Å². The summed E-state index contributed by atoms with van der Waals surface area (Å²) in [6, 6.07) is 4.69. The van der Waals surface area contributed by atoms with E-state index in [-0.39, 0.29) is 5.91 Å². The van der Waals surface area contributed by atoms with E-state index in [0.717, 1.165) is 0 Å². The van der Waals surface area contributed by atoms with E-state index in [1.54, 1.807) is 25.1 Å². The smallest absolute Gasteiger partial charge is 0.241 e. The van der Waals surface area contributed by atoms with Gasteiger partial charge in [-0.2, -0.15) is 0 Å². The Labute approximate surface area is 95.7 Å². The van der Waals surface area contributed by atoms with Crippen molar-refractivity contribution in [3.63, 3.8) is 0 Å². The molecule has 0 bridgehead atoms. The van der Waals surface area contributed by atoms with E-state index in [0.29, 0.717) is 15.2 Å². The first-order valence-corrected chi connectivity index (χ1v) is 5.20. The van der Waals surface area contributed by atoms with Gasteiger partial charge in [-0.1, -0.05) is 17.7 Å². The molecule has 1 amide bonds. The van der Waals surface area contributed by atoms with Crippen molar-refractivity contribution in [2.45, 2.75) is 13.0 Å². The van der Waals surface area contributed by atoms with E-state index >= 15 is 0 Å². The first-order valence-electron chi connectivity index (χ1n) is 4.03. The highest BCUT2D eigenvalue weighted by molar-refractivity contribution is 9.10. The van der Waals surface area contributed by atoms with Crippen LogP contribution >= 0.6 is 27.5 Å². The molecule has 0 aliphatic carbocycles. The molecule has 1 aromatic carbocycles. The number of hydrogen-bond acceptors (Lipinski definition) is 2. The lowest BCUT2D eigenvalue weighted by Gasteiger charge is -2.09. The minimum Gasteiger partial charge on any atom is -0.324 e. The number of halogens is 2. The number of carbonyl (C=O) groups is 1. The second-order valence-electron chi connectivity index (χ2n) is 2.88. The minimum atomic E-state index is -0.541. The van der Waals surface area contributed by atoms with Crippen LogP contribution < -0.4 is 11.1 Å². The zero-order valence-electron chi connectivity index (χ0n) is 7.55. The van der Waals surface area contributed by atoms with Crippen molar-refractivity contribution in [1.82, 2.24) is 0 Å². The van der Waals surface area contributed by atoms with Crippen LogP contribution in [-0.2, 0) is 4.79 Å². The number of anilines is 1. The van der Waals surface area contributed by atoms with Gasteiger partial charge in [0.05, 0.1) is 21.2 Å². The maximum absolute atomic E-state index is 11.3. The molecule has 3 N–H and O–H groups in total. The SMILES string of the molecule is C[C@@H](N)C(=O)Nc1cccc(Cl)c1Br. The fourth-order valence-electron chi connectivity index (χ4n) is 0.847. The Morgan fingerprint density at radius 2 is 2.29 bits per heavy atom. The van der Waals surface area contributed by atoms with Crippen molar-refractivity contribution in [3.8, 4) is 0 Å². The number of amides is 1. The van der Waals surface area contributed by atoms with Gasteiger partial charge >= 0.3 is 0 Å². The standard InChI is InChI=1S/C9H10BrClN2O/c1-5(12)9(14)13-7-4-2-3-6(11)8(7)10/h2-5H,12H2,1H3,(H,13,14)/t5-/m1/s1. The molecule has 0 aliphatic rings. The number of nitrogens with two attached hydrogens (primary N) is 1. The van der Waals surface area contributed by atoms with Crippen molar-refractivity contribution in [1.29, 1.82) is 0 Å². The zero-order chi connectivity index (χ0) is 10.7. The number of rotatable bonds is 2. The Kier molecular flexibility index (Phi) is 3.92. The molecule has 76 valence electrons. The second kappa shape index (κ2) is 4.77. The van der Waals surface area contributed by atoms with Crippen LogP contribution in [0.15, 0.2) is 22.7 Å². The van der Waals surface area contributed by atoms with Gasteiger partial charge in [0.25, 0.3) is 0 Å². The Balaban J connectivity index is 2.87. The lowest BCUT2D eigenvalue weighted by molar-refractivity contribution is -0.117. The monoisotopic (exact) mass is 276 g/mol. The van der Waals surface area contributed by atoms with Gasteiger partial charge < -0.3 is 11.1 Å². The molecule has 0 heterocycles. The molecule has 5 heteroatoms. The van der Waals surface area contributed by atoms with Crippen LogP contribution in [0.25, 0.3) is 0 Å². The summed E-state index contributed by atoms with van der Waals surface area (Å²) < 4.78 is 0.663. The zero-order valence-corrected chi connectivity index (χ0v) is 9.89. The van der Waals surface area contributed by atoms with Crippen LogP contribution in [0, 0.1) is 0 Å². The predicted octanol–water partition coefficient (Wildman–Crippen LogP) is 2.39. The average molecular weight is 278 g/mol. The van der Waals surface area contributed by atoms with Gasteiger partial charge in [-0.3, -0.25) is 4.79 Å². The van der Waals surface area contributed by atoms with Crippen LogP contribution in [0.3, 0.4) is 0 Å². The van der Waals surface area contributed by atoms with Crippen LogP contribution in [-0.4, -0.2) is 11.9 Å². The number of benzene rings is 1. The van der Waals surface area contributed by atoms with Crippen molar-refractivity contribution >= 4 is 39.1 Å². The lowest BCUT2D eigenvalue weighted by Crippen LogP contribution is -2.32. The van der Waals surface area contributed by atoms with Crippen molar-refractivity contribution < 1.29 is 4.79 Å². The summed E-state index contributed by atoms with van der Waals surface area (Å²) in [6.45, 7) is 1.62. The third-order valence-corrected chi connectivity index (χ3v) is 3.02. The minimum absolute atomic E-state index is 0.243. The molecule has 1 rings (SSSR count). The molecule has 0 aliphatic heterocycles. The normalized spacial score (nSPS) is 12.3. The molecule has 0 fully saturated rings. The summed E-state index contributed by atoms with van der Waals surface area (Å²) in [5.74, 6) is -0.243. The quantitative estimate of drug-likeness (QED) is 0.872. The molecular formula is C9H10BrClN2O. The van der Waals surface area contributed by atoms with E-state index in [2.05, 4.69) is 21.2 Å². The molecular weight excluding hydrogens is 267 g/mol. The number of carbonyl (C=O) groups excluding carboxylic acids is 1. The summed E-state index contributed by atoms with van der Waals surface area (Å²) in [7, 11) is 0. The molecule has 0 unspecified atom stereocenters. The van der Waals surface area contributed by atoms with Gasteiger partial charge in [0.2, 0.25) is 5.91 Å². The molecule has 0 radical (unpaired) electrons. The first-order chi connectivity index (χ1) is 6.52. The Morgan fingerprint density at radius 1 is 1.64 bits per heavy atom. The summed E-state index contributed by atoms with van der Waals surface area (Å²) >= 11 is 9.12. The largest absolute Gasteiger partial charge is 0.324 e. The highest BCUT2D eigenvalue weighted by atomic mass is 79.9. The molecule has 0 aromatic heterocycles. The molecule has 0 saturated heterocycles. The average Bonchev–Trinajstić information content (AvgIpc) is 2.12. The lowest BCUT2D eigenvalue weighted by atomic mass is 10.3. The summed E-state index contributed by atoms with van der Waals surface area (Å²) in [6.07, 6.45) is 0. The van der Waals surface area contributed by atoms with Crippen LogP contribution in [0.1, 0.15) is 6.92 Å². The topological polar surface area (TPSA) is 55.1 Å². The maximum atomic E-state index is 11.3. The van der Waals surface area contributed by atoms with E-state index in [1.165, 1.54) is 0 Å². The number of nitrogens with one attached hydrogen (secondary N) is 1. The van der Waals surface area contributed by atoms with E-state index < -0.39 is 6.04 Å². The molecule has 0 spiro atoms. The van der Waals surface area contributed by atoms with Crippen molar-refractivity contribution in [2.75, 3.05) is 5.32 Å². The molecule has 0 saturated carbocycles. The summed E-state index contributed by atoms with van der Waals surface area (Å²) in [5, 5.41) is 3.20. The van der Waals surface area contributed by atoms with E-state index in [9.17, 15) is 4.79 Å². The fraction of sp³-hybridized carbons (Fsp3) is 0.222. The van der Waals surface area contributed by atoms with E-state index in [1.807, 2.05) is 0 Å². The summed E-state index contributed by atoms with van der Waals surface area (Å²) in [5.41, 5.74) is 6.04. The van der Waals surface area contributed by atoms with Crippen LogP contribution in [0.5, 0.6) is 0 Å². The first kappa shape index (κ1) is 11.5.